The van der Waals surface area contributed by atoms with Crippen LogP contribution in [0.2, 0.25) is 0 Å². The summed E-state index contributed by atoms with van der Waals surface area (Å²) in [6, 6.07) is 46.5. The summed E-state index contributed by atoms with van der Waals surface area (Å²) in [6.07, 6.45) is 0. The molecule has 0 atom stereocenters. The van der Waals surface area contributed by atoms with Crippen molar-refractivity contribution in [3.63, 3.8) is 0 Å². The highest BCUT2D eigenvalue weighted by atomic mass is 15.0. The van der Waals surface area contributed by atoms with Gasteiger partial charge in [-0.15, -0.1) is 0 Å². The van der Waals surface area contributed by atoms with E-state index in [0.29, 0.717) is 0 Å². The highest BCUT2D eigenvalue weighted by Gasteiger charge is 2.24. The average molecular weight is 709 g/mol. The van der Waals surface area contributed by atoms with E-state index in [1.807, 2.05) is 0 Å². The van der Waals surface area contributed by atoms with Crippen LogP contribution in [0.1, 0.15) is 105 Å². The number of para-hydroxylation sites is 1. The van der Waals surface area contributed by atoms with Crippen LogP contribution in [0.5, 0.6) is 0 Å². The monoisotopic (exact) mass is 708 g/mol. The largest absolute Gasteiger partial charge is 0.309 e. The van der Waals surface area contributed by atoms with Gasteiger partial charge in [0.2, 0.25) is 0 Å². The van der Waals surface area contributed by atoms with E-state index in [9.17, 15) is 0 Å². The van der Waals surface area contributed by atoms with Crippen molar-refractivity contribution in [2.75, 3.05) is 0 Å². The van der Waals surface area contributed by atoms with Gasteiger partial charge in [-0.05, 0) is 110 Å². The molecule has 2 heteroatoms. The van der Waals surface area contributed by atoms with E-state index in [-0.39, 0.29) is 21.7 Å². The number of benzene rings is 6. The molecule has 0 radical (unpaired) electrons. The van der Waals surface area contributed by atoms with Crippen LogP contribution in [-0.4, -0.2) is 9.13 Å². The Balaban J connectivity index is 1.38. The fourth-order valence-electron chi connectivity index (χ4n) is 8.17. The standard InChI is InChI=1S/C52H56N2/c1-49(2,3)34-16-15-17-39(28-34)54-44-19-14-13-18-42(44)48-43(29-37(32-47(48)54)52(10,11)12)33-20-24-38(25-21-33)53-45-30-35(50(4,5)6)22-26-40(45)41-27-23-36(31-46(41)53)51(7,8)9/h13-32H,1-12H3. The molecule has 0 saturated heterocycles. The third kappa shape index (κ3) is 6.05. The van der Waals surface area contributed by atoms with Gasteiger partial charge < -0.3 is 9.13 Å². The molecule has 0 aliphatic heterocycles. The molecule has 0 saturated carbocycles. The van der Waals surface area contributed by atoms with Crippen LogP contribution in [0.3, 0.4) is 0 Å². The second-order valence-corrected chi connectivity index (χ2v) is 19.7. The van der Waals surface area contributed by atoms with Crippen molar-refractivity contribution in [2.45, 2.75) is 105 Å². The topological polar surface area (TPSA) is 9.86 Å². The molecule has 0 amide bonds. The van der Waals surface area contributed by atoms with Crippen LogP contribution in [0.4, 0.5) is 0 Å². The lowest BCUT2D eigenvalue weighted by Crippen LogP contribution is -2.12. The predicted octanol–water partition coefficient (Wildman–Crippen LogP) is 14.7. The Bertz CT molecular complexity index is 2650. The van der Waals surface area contributed by atoms with E-state index in [2.05, 4.69) is 214 Å². The van der Waals surface area contributed by atoms with Crippen molar-refractivity contribution in [2.24, 2.45) is 0 Å². The van der Waals surface area contributed by atoms with Crippen molar-refractivity contribution >= 4 is 43.6 Å². The van der Waals surface area contributed by atoms with Gasteiger partial charge in [-0.2, -0.15) is 0 Å². The summed E-state index contributed by atoms with van der Waals surface area (Å²) in [4.78, 5) is 0. The number of hydrogen-bond donors (Lipinski definition) is 0. The number of rotatable bonds is 3. The second kappa shape index (κ2) is 12.2. The molecule has 0 unspecified atom stereocenters. The van der Waals surface area contributed by atoms with Gasteiger partial charge >= 0.3 is 0 Å². The summed E-state index contributed by atoms with van der Waals surface area (Å²) >= 11 is 0. The zero-order chi connectivity index (χ0) is 38.5. The van der Waals surface area contributed by atoms with Gasteiger partial charge in [-0.25, -0.2) is 0 Å². The quantitative estimate of drug-likeness (QED) is 0.173. The molecule has 2 aromatic heterocycles. The zero-order valence-electron chi connectivity index (χ0n) is 34.4. The Kier molecular flexibility index (Phi) is 8.13. The lowest BCUT2D eigenvalue weighted by molar-refractivity contribution is 0.589. The molecule has 274 valence electrons. The Morgan fingerprint density at radius 1 is 0.333 bits per heavy atom. The highest BCUT2D eigenvalue weighted by Crippen LogP contribution is 2.43. The summed E-state index contributed by atoms with van der Waals surface area (Å²) in [6.45, 7) is 27.7. The molecule has 0 aliphatic carbocycles. The highest BCUT2D eigenvalue weighted by molar-refractivity contribution is 6.16. The Morgan fingerprint density at radius 3 is 1.39 bits per heavy atom. The molecule has 0 fully saturated rings. The summed E-state index contributed by atoms with van der Waals surface area (Å²) in [5, 5.41) is 5.17. The third-order valence-corrected chi connectivity index (χ3v) is 11.5. The smallest absolute Gasteiger partial charge is 0.0550 e. The van der Waals surface area contributed by atoms with Crippen LogP contribution < -0.4 is 0 Å². The molecule has 0 bridgehead atoms. The molecule has 0 spiro atoms. The van der Waals surface area contributed by atoms with Crippen molar-refractivity contribution in [1.82, 2.24) is 9.13 Å². The predicted molar refractivity (Wildman–Crippen MR) is 235 cm³/mol. The number of aromatic nitrogens is 2. The van der Waals surface area contributed by atoms with E-state index in [1.54, 1.807) is 0 Å². The summed E-state index contributed by atoms with van der Waals surface area (Å²) < 4.78 is 4.99. The van der Waals surface area contributed by atoms with Gasteiger partial charge in [0.05, 0.1) is 22.1 Å². The minimum atomic E-state index is -0.0318. The average Bonchev–Trinajstić information content (AvgIpc) is 3.62. The summed E-state index contributed by atoms with van der Waals surface area (Å²) in [5.41, 5.74) is 15.4. The number of fused-ring (bicyclic) bond motifs is 6. The molecule has 54 heavy (non-hydrogen) atoms. The van der Waals surface area contributed by atoms with Gasteiger partial charge in [-0.3, -0.25) is 0 Å². The third-order valence-electron chi connectivity index (χ3n) is 11.5. The molecular formula is C52H56N2. The van der Waals surface area contributed by atoms with Gasteiger partial charge in [-0.1, -0.05) is 150 Å². The molecule has 6 aromatic carbocycles. The summed E-state index contributed by atoms with van der Waals surface area (Å²) in [5.74, 6) is 0. The number of hydrogen-bond acceptors (Lipinski definition) is 0. The van der Waals surface area contributed by atoms with Gasteiger partial charge in [0.15, 0.2) is 0 Å². The van der Waals surface area contributed by atoms with Gasteiger partial charge in [0, 0.05) is 32.9 Å². The molecule has 8 rings (SSSR count). The molecule has 2 nitrogen and oxygen atoms in total. The zero-order valence-corrected chi connectivity index (χ0v) is 34.4. The summed E-state index contributed by atoms with van der Waals surface area (Å²) in [7, 11) is 0. The molecule has 0 aliphatic rings. The fraction of sp³-hybridized carbons (Fsp3) is 0.308. The molecule has 2 heterocycles. The van der Waals surface area contributed by atoms with E-state index in [4.69, 9.17) is 0 Å². The number of nitrogens with zero attached hydrogens (tertiary/aromatic N) is 2. The van der Waals surface area contributed by atoms with Crippen molar-refractivity contribution in [1.29, 1.82) is 0 Å². The van der Waals surface area contributed by atoms with E-state index in [0.717, 1.165) is 0 Å². The maximum atomic E-state index is 2.49. The van der Waals surface area contributed by atoms with Crippen molar-refractivity contribution < 1.29 is 0 Å². The molecular weight excluding hydrogens is 653 g/mol. The maximum absolute atomic E-state index is 2.49. The van der Waals surface area contributed by atoms with Crippen LogP contribution in [0, 0.1) is 0 Å². The van der Waals surface area contributed by atoms with Gasteiger partial charge in [0.25, 0.3) is 0 Å². The first kappa shape index (κ1) is 35.9. The lowest BCUT2D eigenvalue weighted by atomic mass is 9.84. The van der Waals surface area contributed by atoms with Gasteiger partial charge in [0.1, 0.15) is 0 Å². The van der Waals surface area contributed by atoms with E-state index >= 15 is 0 Å². The minimum Gasteiger partial charge on any atom is -0.309 e. The first-order chi connectivity index (χ1) is 25.3. The fourth-order valence-corrected chi connectivity index (χ4v) is 8.17. The first-order valence-electron chi connectivity index (χ1n) is 19.7. The normalized spacial score (nSPS) is 13.2. The SMILES string of the molecule is CC(C)(C)c1cccc(-n2c3ccccc3c3c(-c4ccc(-n5c6cc(C(C)(C)C)ccc6c6ccc(C(C)(C)C)cc65)cc4)cc(C(C)(C)C)cc32)c1. The molecule has 0 N–H and O–H groups in total. The van der Waals surface area contributed by atoms with Crippen LogP contribution >= 0.6 is 0 Å². The lowest BCUT2D eigenvalue weighted by Gasteiger charge is -2.22. The van der Waals surface area contributed by atoms with E-state index < -0.39 is 0 Å². The first-order valence-corrected chi connectivity index (χ1v) is 19.7. The molecule has 8 aromatic rings. The Labute approximate surface area is 322 Å². The minimum absolute atomic E-state index is 0.0318. The van der Waals surface area contributed by atoms with Crippen molar-refractivity contribution in [3.05, 3.63) is 144 Å². The van der Waals surface area contributed by atoms with Crippen molar-refractivity contribution in [3.8, 4) is 22.5 Å². The Morgan fingerprint density at radius 2 is 0.833 bits per heavy atom. The van der Waals surface area contributed by atoms with E-state index in [1.165, 1.54) is 88.4 Å². The van der Waals surface area contributed by atoms with Crippen LogP contribution in [-0.2, 0) is 21.7 Å². The second-order valence-electron chi connectivity index (χ2n) is 19.7. The van der Waals surface area contributed by atoms with Crippen LogP contribution in [0.15, 0.2) is 121 Å². The van der Waals surface area contributed by atoms with Crippen LogP contribution in [0.25, 0.3) is 66.1 Å². The maximum Gasteiger partial charge on any atom is 0.0550 e. The Hall–Kier alpha value is -5.08.